The minimum absolute atomic E-state index is 0.0432. The molecule has 2 atom stereocenters. The molecule has 2 aliphatic heterocycles. The Morgan fingerprint density at radius 3 is 2.88 bits per heavy atom. The summed E-state index contributed by atoms with van der Waals surface area (Å²) in [6.07, 6.45) is 3.02. The molecule has 1 aromatic carbocycles. The average Bonchev–Trinajstić information content (AvgIpc) is 3.17. The van der Waals surface area contributed by atoms with Crippen molar-refractivity contribution in [1.29, 1.82) is 0 Å². The van der Waals surface area contributed by atoms with Crippen molar-refractivity contribution in [2.45, 2.75) is 49.3 Å². The van der Waals surface area contributed by atoms with Gasteiger partial charge in [0.05, 0.1) is 17.0 Å². The zero-order valence-electron chi connectivity index (χ0n) is 14.2. The van der Waals surface area contributed by atoms with Crippen LogP contribution in [-0.2, 0) is 11.2 Å². The summed E-state index contributed by atoms with van der Waals surface area (Å²) in [5.41, 5.74) is 3.56. The summed E-state index contributed by atoms with van der Waals surface area (Å²) in [4.78, 5) is 16.3. The highest BCUT2D eigenvalue weighted by Gasteiger charge is 2.34. The lowest BCUT2D eigenvalue weighted by atomic mass is 10.0. The van der Waals surface area contributed by atoms with Gasteiger partial charge in [-0.05, 0) is 50.8 Å². The molecule has 0 unspecified atom stereocenters. The third-order valence-corrected chi connectivity index (χ3v) is 6.33. The van der Waals surface area contributed by atoms with Crippen LogP contribution in [0, 0.1) is 13.8 Å². The third-order valence-electron chi connectivity index (χ3n) is 5.02. The Labute approximate surface area is 147 Å². The molecule has 1 aromatic heterocycles. The Bertz CT molecular complexity index is 745. The van der Waals surface area contributed by atoms with Crippen LogP contribution >= 0.6 is 11.8 Å². The molecular weight excluding hydrogens is 318 g/mol. The molecule has 0 N–H and O–H groups in total. The summed E-state index contributed by atoms with van der Waals surface area (Å²) in [5, 5.41) is 4.67. The molecule has 3 heterocycles. The van der Waals surface area contributed by atoms with Crippen molar-refractivity contribution < 1.29 is 4.79 Å². The molecular formula is C19H23N3OS. The zero-order valence-corrected chi connectivity index (χ0v) is 15.1. The summed E-state index contributed by atoms with van der Waals surface area (Å²) in [5.74, 6) is 0.294. The van der Waals surface area contributed by atoms with Crippen molar-refractivity contribution in [3.05, 3.63) is 47.3 Å². The summed E-state index contributed by atoms with van der Waals surface area (Å²) in [6.45, 7) is 5.79. The topological polar surface area (TPSA) is 38.1 Å². The number of piperidine rings is 1. The minimum Gasteiger partial charge on any atom is -0.340 e. The summed E-state index contributed by atoms with van der Waals surface area (Å²) in [6, 6.07) is 10.8. The van der Waals surface area contributed by atoms with Crippen molar-refractivity contribution in [1.82, 2.24) is 14.7 Å². The maximum absolute atomic E-state index is 13.0. The summed E-state index contributed by atoms with van der Waals surface area (Å²) in [7, 11) is 0. The van der Waals surface area contributed by atoms with Gasteiger partial charge in [0.15, 0.2) is 0 Å². The Balaban J connectivity index is 1.47. The molecule has 0 spiro atoms. The first-order chi connectivity index (χ1) is 11.6. The van der Waals surface area contributed by atoms with Crippen LogP contribution in [0.1, 0.15) is 35.8 Å². The van der Waals surface area contributed by atoms with Crippen LogP contribution in [0.4, 0.5) is 0 Å². The number of amides is 1. The van der Waals surface area contributed by atoms with Crippen molar-refractivity contribution in [3.8, 4) is 0 Å². The van der Waals surface area contributed by atoms with Gasteiger partial charge in [-0.1, -0.05) is 18.2 Å². The Morgan fingerprint density at radius 1 is 1.29 bits per heavy atom. The van der Waals surface area contributed by atoms with Crippen molar-refractivity contribution in [2.24, 2.45) is 0 Å². The Kier molecular flexibility index (Phi) is 4.12. The van der Waals surface area contributed by atoms with E-state index in [4.69, 9.17) is 0 Å². The number of likely N-dealkylation sites (tertiary alicyclic amines) is 1. The van der Waals surface area contributed by atoms with Gasteiger partial charge in [0.2, 0.25) is 5.91 Å². The molecule has 1 saturated heterocycles. The molecule has 24 heavy (non-hydrogen) atoms. The van der Waals surface area contributed by atoms with E-state index in [0.29, 0.717) is 11.9 Å². The molecule has 2 aromatic rings. The second-order valence-electron chi connectivity index (χ2n) is 6.87. The lowest BCUT2D eigenvalue weighted by molar-refractivity contribution is -0.132. The first-order valence-electron chi connectivity index (χ1n) is 8.68. The summed E-state index contributed by atoms with van der Waals surface area (Å²) < 4.78 is 2.12. The fraction of sp³-hybridized carbons (Fsp3) is 0.474. The lowest BCUT2D eigenvalue weighted by Crippen LogP contribution is -2.44. The monoisotopic (exact) mass is 341 g/mol. The fourth-order valence-corrected chi connectivity index (χ4v) is 5.17. The average molecular weight is 341 g/mol. The SMILES string of the molecule is Cc1cc(C)n([C@@H]2CCCN(C(=O)[C@H]3Cc4ccccc4S3)C2)n1. The van der Waals surface area contributed by atoms with Gasteiger partial charge in [-0.25, -0.2) is 0 Å². The van der Waals surface area contributed by atoms with Crippen LogP contribution in [0.5, 0.6) is 0 Å². The molecule has 0 bridgehead atoms. The van der Waals surface area contributed by atoms with E-state index in [9.17, 15) is 4.79 Å². The minimum atomic E-state index is 0.0432. The number of carbonyl (C=O) groups excluding carboxylic acids is 1. The molecule has 2 aliphatic rings. The van der Waals surface area contributed by atoms with E-state index in [1.54, 1.807) is 11.8 Å². The van der Waals surface area contributed by atoms with E-state index in [1.807, 2.05) is 6.92 Å². The number of benzene rings is 1. The second kappa shape index (κ2) is 6.28. The number of nitrogens with zero attached hydrogens (tertiary/aromatic N) is 3. The molecule has 1 amide bonds. The zero-order chi connectivity index (χ0) is 16.7. The number of fused-ring (bicyclic) bond motifs is 1. The van der Waals surface area contributed by atoms with Gasteiger partial charge in [0, 0.05) is 23.7 Å². The van der Waals surface area contributed by atoms with Gasteiger partial charge in [0.25, 0.3) is 0 Å². The van der Waals surface area contributed by atoms with Gasteiger partial charge < -0.3 is 4.90 Å². The number of aryl methyl sites for hydroxylation is 2. The number of rotatable bonds is 2. The molecule has 1 fully saturated rings. The van der Waals surface area contributed by atoms with Crippen molar-refractivity contribution >= 4 is 17.7 Å². The van der Waals surface area contributed by atoms with E-state index in [0.717, 1.165) is 38.0 Å². The van der Waals surface area contributed by atoms with Gasteiger partial charge in [-0.2, -0.15) is 5.10 Å². The van der Waals surface area contributed by atoms with Crippen LogP contribution in [0.3, 0.4) is 0 Å². The molecule has 126 valence electrons. The van der Waals surface area contributed by atoms with E-state index in [-0.39, 0.29) is 5.25 Å². The van der Waals surface area contributed by atoms with Crippen molar-refractivity contribution in [3.63, 3.8) is 0 Å². The fourth-order valence-electron chi connectivity index (χ4n) is 3.89. The molecule has 0 radical (unpaired) electrons. The highest BCUT2D eigenvalue weighted by molar-refractivity contribution is 8.01. The molecule has 0 aliphatic carbocycles. The largest absolute Gasteiger partial charge is 0.340 e. The number of hydrogen-bond acceptors (Lipinski definition) is 3. The van der Waals surface area contributed by atoms with Gasteiger partial charge >= 0.3 is 0 Å². The Hall–Kier alpha value is -1.75. The Morgan fingerprint density at radius 2 is 2.12 bits per heavy atom. The summed E-state index contributed by atoms with van der Waals surface area (Å²) >= 11 is 1.73. The molecule has 4 rings (SSSR count). The standard InChI is InChI=1S/C19H23N3OS/c1-13-10-14(2)22(20-13)16-7-5-9-21(12-16)19(23)18-11-15-6-3-4-8-17(15)24-18/h3-4,6,8,10,16,18H,5,7,9,11-12H2,1-2H3/t16-,18-/m1/s1. The van der Waals surface area contributed by atoms with E-state index in [2.05, 4.69) is 51.9 Å². The number of thioether (sulfide) groups is 1. The quantitative estimate of drug-likeness (QED) is 0.840. The van der Waals surface area contributed by atoms with Crippen LogP contribution < -0.4 is 0 Å². The molecule has 0 saturated carbocycles. The van der Waals surface area contributed by atoms with Crippen LogP contribution in [-0.4, -0.2) is 38.9 Å². The smallest absolute Gasteiger partial charge is 0.236 e. The van der Waals surface area contributed by atoms with Gasteiger partial charge in [-0.3, -0.25) is 9.48 Å². The van der Waals surface area contributed by atoms with Gasteiger partial charge in [-0.15, -0.1) is 11.8 Å². The van der Waals surface area contributed by atoms with E-state index in [1.165, 1.54) is 16.2 Å². The molecule has 5 heteroatoms. The lowest BCUT2D eigenvalue weighted by Gasteiger charge is -2.34. The predicted octanol–water partition coefficient (Wildman–Crippen LogP) is 3.38. The number of aromatic nitrogens is 2. The first kappa shape index (κ1) is 15.8. The third kappa shape index (κ3) is 2.86. The van der Waals surface area contributed by atoms with Gasteiger partial charge in [0.1, 0.15) is 0 Å². The highest BCUT2D eigenvalue weighted by atomic mass is 32.2. The van der Waals surface area contributed by atoms with Crippen LogP contribution in [0.25, 0.3) is 0 Å². The van der Waals surface area contributed by atoms with E-state index < -0.39 is 0 Å². The van der Waals surface area contributed by atoms with Crippen molar-refractivity contribution in [2.75, 3.05) is 13.1 Å². The van der Waals surface area contributed by atoms with Crippen LogP contribution in [0.2, 0.25) is 0 Å². The number of carbonyl (C=O) groups is 1. The molecule has 4 nitrogen and oxygen atoms in total. The number of hydrogen-bond donors (Lipinski definition) is 0. The highest BCUT2D eigenvalue weighted by Crippen LogP contribution is 2.38. The maximum atomic E-state index is 13.0. The predicted molar refractivity (Wildman–Crippen MR) is 96.3 cm³/mol. The first-order valence-corrected chi connectivity index (χ1v) is 9.56. The van der Waals surface area contributed by atoms with Crippen LogP contribution in [0.15, 0.2) is 35.2 Å². The second-order valence-corrected chi connectivity index (χ2v) is 8.11. The maximum Gasteiger partial charge on any atom is 0.236 e. The normalized spacial score (nSPS) is 23.3. The van der Waals surface area contributed by atoms with E-state index >= 15 is 0 Å².